The van der Waals surface area contributed by atoms with Crippen LogP contribution in [0.5, 0.6) is 0 Å². The molecule has 3 rings (SSSR count). The molecule has 78 valence electrons. The molecule has 0 aromatic heterocycles. The van der Waals surface area contributed by atoms with Gasteiger partial charge >= 0.3 is 0 Å². The van der Waals surface area contributed by atoms with Gasteiger partial charge in [-0.25, -0.2) is 0 Å². The lowest BCUT2D eigenvalue weighted by Crippen LogP contribution is -2.19. The van der Waals surface area contributed by atoms with Crippen LogP contribution in [-0.2, 0) is 16.6 Å². The van der Waals surface area contributed by atoms with E-state index in [1.165, 1.54) is 11.1 Å². The van der Waals surface area contributed by atoms with Crippen molar-refractivity contribution in [3.8, 4) is 0 Å². The Morgan fingerprint density at radius 1 is 1.53 bits per heavy atom. The van der Waals surface area contributed by atoms with Gasteiger partial charge in [0, 0.05) is 15.8 Å². The van der Waals surface area contributed by atoms with E-state index in [0.29, 0.717) is 0 Å². The quantitative estimate of drug-likeness (QED) is 0.831. The standard InChI is InChI=1S/C12H12BrNO/c13-8-1-2-9-7(5-8)3-4-12(9)6-10(12)11(14)15/h1-2,5,10H,3-4,6H2,(H2,14,15). The molecule has 1 spiro atoms. The van der Waals surface area contributed by atoms with Crippen molar-refractivity contribution < 1.29 is 4.79 Å². The number of fused-ring (bicyclic) bond motifs is 2. The number of amides is 1. The zero-order valence-corrected chi connectivity index (χ0v) is 9.88. The Kier molecular flexibility index (Phi) is 1.78. The maximum atomic E-state index is 11.2. The lowest BCUT2D eigenvalue weighted by molar-refractivity contribution is -0.119. The van der Waals surface area contributed by atoms with Gasteiger partial charge in [0.1, 0.15) is 0 Å². The number of carbonyl (C=O) groups is 1. The molecule has 0 radical (unpaired) electrons. The fourth-order valence-corrected chi connectivity index (χ4v) is 3.41. The molecule has 2 N–H and O–H groups in total. The molecule has 0 bridgehead atoms. The number of rotatable bonds is 1. The van der Waals surface area contributed by atoms with E-state index in [9.17, 15) is 4.79 Å². The molecule has 15 heavy (non-hydrogen) atoms. The first-order valence-corrected chi connectivity index (χ1v) is 6.01. The molecular formula is C12H12BrNO. The molecule has 1 aromatic rings. The fraction of sp³-hybridized carbons (Fsp3) is 0.417. The van der Waals surface area contributed by atoms with Crippen molar-refractivity contribution in [1.29, 1.82) is 0 Å². The summed E-state index contributed by atoms with van der Waals surface area (Å²) in [6.07, 6.45) is 3.13. The van der Waals surface area contributed by atoms with Crippen LogP contribution in [-0.4, -0.2) is 5.91 Å². The SMILES string of the molecule is NC(=O)C1CC12CCc1cc(Br)ccc12. The fourth-order valence-electron chi connectivity index (χ4n) is 3.00. The summed E-state index contributed by atoms with van der Waals surface area (Å²) in [7, 11) is 0. The Bertz CT molecular complexity index is 457. The van der Waals surface area contributed by atoms with Gasteiger partial charge in [0.2, 0.25) is 5.91 Å². The van der Waals surface area contributed by atoms with Crippen LogP contribution in [0.2, 0.25) is 0 Å². The largest absolute Gasteiger partial charge is 0.369 e. The first kappa shape index (κ1) is 9.40. The number of aryl methyl sites for hydroxylation is 1. The Morgan fingerprint density at radius 2 is 2.33 bits per heavy atom. The van der Waals surface area contributed by atoms with Gasteiger partial charge in [0.15, 0.2) is 0 Å². The Morgan fingerprint density at radius 3 is 3.00 bits per heavy atom. The van der Waals surface area contributed by atoms with Crippen LogP contribution in [0.4, 0.5) is 0 Å². The number of primary amides is 1. The summed E-state index contributed by atoms with van der Waals surface area (Å²) in [5.74, 6) is -0.0503. The predicted molar refractivity (Wildman–Crippen MR) is 61.4 cm³/mol. The molecule has 2 aliphatic carbocycles. The molecule has 0 heterocycles. The number of nitrogens with two attached hydrogens (primary N) is 1. The molecule has 1 amide bonds. The third kappa shape index (κ3) is 1.19. The average Bonchev–Trinajstić information content (AvgIpc) is 2.80. The highest BCUT2D eigenvalue weighted by Crippen LogP contribution is 2.61. The molecular weight excluding hydrogens is 254 g/mol. The van der Waals surface area contributed by atoms with Crippen molar-refractivity contribution >= 4 is 21.8 Å². The highest BCUT2D eigenvalue weighted by atomic mass is 79.9. The number of hydrogen-bond donors (Lipinski definition) is 1. The number of hydrogen-bond acceptors (Lipinski definition) is 1. The minimum atomic E-state index is -0.134. The minimum absolute atomic E-state index is 0.0833. The Hall–Kier alpha value is -0.830. The molecule has 1 saturated carbocycles. The summed E-state index contributed by atoms with van der Waals surface area (Å²) in [6, 6.07) is 6.37. The van der Waals surface area contributed by atoms with Crippen LogP contribution in [0.1, 0.15) is 24.0 Å². The van der Waals surface area contributed by atoms with Crippen LogP contribution in [0, 0.1) is 5.92 Å². The summed E-state index contributed by atoms with van der Waals surface area (Å²) in [6.45, 7) is 0. The van der Waals surface area contributed by atoms with Gasteiger partial charge in [-0.1, -0.05) is 22.0 Å². The van der Waals surface area contributed by atoms with E-state index in [2.05, 4.69) is 34.1 Å². The second kappa shape index (κ2) is 2.85. The molecule has 0 saturated heterocycles. The van der Waals surface area contributed by atoms with Crippen LogP contribution in [0.3, 0.4) is 0 Å². The van der Waals surface area contributed by atoms with E-state index in [1.807, 2.05) is 0 Å². The molecule has 2 nitrogen and oxygen atoms in total. The Balaban J connectivity index is 2.04. The normalized spacial score (nSPS) is 31.7. The van der Waals surface area contributed by atoms with Crippen molar-refractivity contribution in [1.82, 2.24) is 0 Å². The van der Waals surface area contributed by atoms with Crippen LogP contribution in [0.25, 0.3) is 0 Å². The third-order valence-corrected chi connectivity index (χ3v) is 4.36. The van der Waals surface area contributed by atoms with E-state index < -0.39 is 0 Å². The van der Waals surface area contributed by atoms with E-state index in [0.717, 1.165) is 23.7 Å². The number of halogens is 1. The van der Waals surface area contributed by atoms with Crippen LogP contribution >= 0.6 is 15.9 Å². The van der Waals surface area contributed by atoms with Gasteiger partial charge in [-0.2, -0.15) is 0 Å². The van der Waals surface area contributed by atoms with Gasteiger partial charge in [-0.05, 0) is 42.5 Å². The zero-order valence-electron chi connectivity index (χ0n) is 8.29. The zero-order chi connectivity index (χ0) is 10.6. The lowest BCUT2D eigenvalue weighted by atomic mass is 9.95. The summed E-state index contributed by atoms with van der Waals surface area (Å²) in [5.41, 5.74) is 8.24. The van der Waals surface area contributed by atoms with Gasteiger partial charge < -0.3 is 5.73 Å². The maximum Gasteiger partial charge on any atom is 0.221 e. The van der Waals surface area contributed by atoms with E-state index in [1.54, 1.807) is 0 Å². The lowest BCUT2D eigenvalue weighted by Gasteiger charge is -2.09. The average molecular weight is 266 g/mol. The first-order valence-electron chi connectivity index (χ1n) is 5.22. The van der Waals surface area contributed by atoms with E-state index in [4.69, 9.17) is 5.73 Å². The predicted octanol–water partition coefficient (Wildman–Crippen LogP) is 2.14. The molecule has 1 fully saturated rings. The smallest absolute Gasteiger partial charge is 0.221 e. The second-order valence-electron chi connectivity index (χ2n) is 4.62. The molecule has 3 heteroatoms. The van der Waals surface area contributed by atoms with Crippen molar-refractivity contribution in [2.75, 3.05) is 0 Å². The molecule has 2 unspecified atom stereocenters. The van der Waals surface area contributed by atoms with Crippen molar-refractivity contribution in [3.63, 3.8) is 0 Å². The Labute approximate surface area is 97.0 Å². The molecule has 2 aliphatic rings. The van der Waals surface area contributed by atoms with Crippen molar-refractivity contribution in [3.05, 3.63) is 33.8 Å². The van der Waals surface area contributed by atoms with Gasteiger partial charge in [0.05, 0.1) is 0 Å². The van der Waals surface area contributed by atoms with E-state index >= 15 is 0 Å². The first-order chi connectivity index (χ1) is 7.13. The summed E-state index contributed by atoms with van der Waals surface area (Å²) in [5, 5.41) is 0. The molecule has 2 atom stereocenters. The monoisotopic (exact) mass is 265 g/mol. The summed E-state index contributed by atoms with van der Waals surface area (Å²) in [4.78, 5) is 11.2. The summed E-state index contributed by atoms with van der Waals surface area (Å²) < 4.78 is 1.12. The topological polar surface area (TPSA) is 43.1 Å². The van der Waals surface area contributed by atoms with Gasteiger partial charge in [-0.3, -0.25) is 4.79 Å². The number of carbonyl (C=O) groups excluding carboxylic acids is 1. The van der Waals surface area contributed by atoms with Crippen LogP contribution < -0.4 is 5.73 Å². The summed E-state index contributed by atoms with van der Waals surface area (Å²) >= 11 is 3.48. The highest BCUT2D eigenvalue weighted by molar-refractivity contribution is 9.10. The van der Waals surface area contributed by atoms with Gasteiger partial charge in [0.25, 0.3) is 0 Å². The van der Waals surface area contributed by atoms with Crippen LogP contribution in [0.15, 0.2) is 22.7 Å². The highest BCUT2D eigenvalue weighted by Gasteiger charge is 2.60. The third-order valence-electron chi connectivity index (χ3n) is 3.86. The molecule has 0 aliphatic heterocycles. The van der Waals surface area contributed by atoms with E-state index in [-0.39, 0.29) is 17.2 Å². The number of benzene rings is 1. The van der Waals surface area contributed by atoms with Gasteiger partial charge in [-0.15, -0.1) is 0 Å². The second-order valence-corrected chi connectivity index (χ2v) is 5.53. The maximum absolute atomic E-state index is 11.2. The van der Waals surface area contributed by atoms with Crippen molar-refractivity contribution in [2.24, 2.45) is 11.7 Å². The van der Waals surface area contributed by atoms with Crippen molar-refractivity contribution in [2.45, 2.75) is 24.7 Å². The minimum Gasteiger partial charge on any atom is -0.369 e. The molecule has 1 aromatic carbocycles.